The molecule has 0 radical (unpaired) electrons. The minimum atomic E-state index is -0.864. The number of hydrogen-bond acceptors (Lipinski definition) is 6. The molecular weight excluding hydrogens is 400 g/mol. The maximum absolute atomic E-state index is 12.5. The van der Waals surface area contributed by atoms with Gasteiger partial charge in [-0.3, -0.25) is 4.79 Å². The third-order valence-corrected chi connectivity index (χ3v) is 5.72. The summed E-state index contributed by atoms with van der Waals surface area (Å²) in [6.45, 7) is 3.95. The highest BCUT2D eigenvalue weighted by atomic mass is 16.5. The first-order valence-corrected chi connectivity index (χ1v) is 10.5. The SMILES string of the molecule is O=C(O)N1CCC(COc2ncc(-c3ccc(C(=O)N4CCOCC4)cc3)cn2)CC1. The second-order valence-electron chi connectivity index (χ2n) is 7.76. The van der Waals surface area contributed by atoms with Crippen molar-refractivity contribution in [3.05, 3.63) is 42.2 Å². The quantitative estimate of drug-likeness (QED) is 0.783. The van der Waals surface area contributed by atoms with Crippen molar-refractivity contribution in [1.29, 1.82) is 0 Å². The van der Waals surface area contributed by atoms with Crippen LogP contribution in [0.2, 0.25) is 0 Å². The molecule has 1 aromatic carbocycles. The molecule has 2 saturated heterocycles. The second-order valence-corrected chi connectivity index (χ2v) is 7.76. The summed E-state index contributed by atoms with van der Waals surface area (Å²) in [5.41, 5.74) is 2.42. The lowest BCUT2D eigenvalue weighted by Crippen LogP contribution is -2.40. The third kappa shape index (κ3) is 5.29. The Balaban J connectivity index is 1.30. The zero-order chi connectivity index (χ0) is 21.6. The summed E-state index contributed by atoms with van der Waals surface area (Å²) in [5, 5.41) is 9.01. The summed E-state index contributed by atoms with van der Waals surface area (Å²) in [5.74, 6) is 0.319. The first-order chi connectivity index (χ1) is 15.1. The van der Waals surface area contributed by atoms with Crippen LogP contribution in [0.3, 0.4) is 0 Å². The summed E-state index contributed by atoms with van der Waals surface area (Å²) in [6.07, 6.45) is 4.10. The van der Waals surface area contributed by atoms with Gasteiger partial charge in [-0.1, -0.05) is 12.1 Å². The molecule has 1 N–H and O–H groups in total. The highest BCUT2D eigenvalue weighted by molar-refractivity contribution is 5.94. The van der Waals surface area contributed by atoms with E-state index in [1.165, 1.54) is 4.90 Å². The number of morpholine rings is 1. The summed E-state index contributed by atoms with van der Waals surface area (Å²) < 4.78 is 11.0. The van der Waals surface area contributed by atoms with E-state index < -0.39 is 6.09 Å². The van der Waals surface area contributed by atoms with Gasteiger partial charge in [0.05, 0.1) is 19.8 Å². The van der Waals surface area contributed by atoms with Gasteiger partial charge in [0, 0.05) is 49.7 Å². The van der Waals surface area contributed by atoms with E-state index in [0.717, 1.165) is 24.0 Å². The average molecular weight is 426 g/mol. The van der Waals surface area contributed by atoms with E-state index in [4.69, 9.17) is 14.6 Å². The number of hydrogen-bond donors (Lipinski definition) is 1. The number of amides is 2. The van der Waals surface area contributed by atoms with Crippen LogP contribution >= 0.6 is 0 Å². The van der Waals surface area contributed by atoms with E-state index in [0.29, 0.717) is 63.5 Å². The lowest BCUT2D eigenvalue weighted by atomic mass is 9.98. The fourth-order valence-electron chi connectivity index (χ4n) is 3.78. The number of ether oxygens (including phenoxy) is 2. The number of likely N-dealkylation sites (tertiary alicyclic amines) is 1. The molecule has 0 unspecified atom stereocenters. The summed E-state index contributed by atoms with van der Waals surface area (Å²) in [6, 6.07) is 7.73. The molecule has 4 rings (SSSR count). The Morgan fingerprint density at radius 2 is 1.61 bits per heavy atom. The lowest BCUT2D eigenvalue weighted by molar-refractivity contribution is 0.0303. The van der Waals surface area contributed by atoms with Crippen molar-refractivity contribution < 1.29 is 24.2 Å². The third-order valence-electron chi connectivity index (χ3n) is 5.72. The van der Waals surface area contributed by atoms with Crippen LogP contribution < -0.4 is 4.74 Å². The molecule has 9 nitrogen and oxygen atoms in total. The number of carbonyl (C=O) groups is 2. The highest BCUT2D eigenvalue weighted by Crippen LogP contribution is 2.21. The predicted molar refractivity (Wildman–Crippen MR) is 112 cm³/mol. The molecule has 2 aromatic rings. The molecule has 0 atom stereocenters. The topological polar surface area (TPSA) is 105 Å². The summed E-state index contributed by atoms with van der Waals surface area (Å²) in [4.78, 5) is 35.3. The molecule has 2 aliphatic heterocycles. The van der Waals surface area contributed by atoms with Gasteiger partial charge in [-0.25, -0.2) is 14.8 Å². The number of carboxylic acid groups (broad SMARTS) is 1. The highest BCUT2D eigenvalue weighted by Gasteiger charge is 2.23. The molecule has 0 aliphatic carbocycles. The molecule has 31 heavy (non-hydrogen) atoms. The first-order valence-electron chi connectivity index (χ1n) is 10.5. The van der Waals surface area contributed by atoms with Crippen LogP contribution in [0, 0.1) is 5.92 Å². The number of carbonyl (C=O) groups excluding carboxylic acids is 1. The van der Waals surface area contributed by atoms with Crippen molar-refractivity contribution in [2.45, 2.75) is 12.8 Å². The van der Waals surface area contributed by atoms with Gasteiger partial charge in [0.15, 0.2) is 0 Å². The van der Waals surface area contributed by atoms with Gasteiger partial charge < -0.3 is 24.4 Å². The normalized spacial score (nSPS) is 17.4. The molecule has 1 aromatic heterocycles. The predicted octanol–water partition coefficient (Wildman–Crippen LogP) is 2.38. The van der Waals surface area contributed by atoms with Crippen molar-refractivity contribution in [3.63, 3.8) is 0 Å². The zero-order valence-corrected chi connectivity index (χ0v) is 17.3. The molecular formula is C22H26N4O5. The van der Waals surface area contributed by atoms with Crippen molar-refractivity contribution in [1.82, 2.24) is 19.8 Å². The Morgan fingerprint density at radius 3 is 2.23 bits per heavy atom. The van der Waals surface area contributed by atoms with Crippen LogP contribution in [0.1, 0.15) is 23.2 Å². The van der Waals surface area contributed by atoms with Crippen LogP contribution in [0.4, 0.5) is 4.79 Å². The van der Waals surface area contributed by atoms with Gasteiger partial charge in [-0.05, 0) is 36.5 Å². The Bertz CT molecular complexity index is 889. The number of benzene rings is 1. The Morgan fingerprint density at radius 1 is 0.968 bits per heavy atom. The molecule has 0 spiro atoms. The van der Waals surface area contributed by atoms with Gasteiger partial charge in [-0.2, -0.15) is 0 Å². The summed E-state index contributed by atoms with van der Waals surface area (Å²) in [7, 11) is 0. The van der Waals surface area contributed by atoms with E-state index in [1.54, 1.807) is 17.3 Å². The fraction of sp³-hybridized carbons (Fsp3) is 0.455. The van der Waals surface area contributed by atoms with Crippen molar-refractivity contribution in [2.75, 3.05) is 46.0 Å². The summed E-state index contributed by atoms with van der Waals surface area (Å²) >= 11 is 0. The lowest BCUT2D eigenvalue weighted by Gasteiger charge is -2.29. The smallest absolute Gasteiger partial charge is 0.407 e. The van der Waals surface area contributed by atoms with E-state index in [1.807, 2.05) is 24.3 Å². The van der Waals surface area contributed by atoms with Crippen LogP contribution in [0.25, 0.3) is 11.1 Å². The van der Waals surface area contributed by atoms with Crippen LogP contribution in [-0.4, -0.2) is 82.9 Å². The van der Waals surface area contributed by atoms with Gasteiger partial charge in [0.2, 0.25) is 0 Å². The first kappa shape index (κ1) is 21.0. The minimum absolute atomic E-state index is 0.0176. The molecule has 3 heterocycles. The number of aromatic nitrogens is 2. The van der Waals surface area contributed by atoms with E-state index >= 15 is 0 Å². The Hall–Kier alpha value is -3.20. The maximum atomic E-state index is 12.5. The molecule has 2 aliphatic rings. The van der Waals surface area contributed by atoms with Crippen LogP contribution in [0.15, 0.2) is 36.7 Å². The molecule has 2 amide bonds. The van der Waals surface area contributed by atoms with Crippen molar-refractivity contribution in [3.8, 4) is 17.1 Å². The van der Waals surface area contributed by atoms with Gasteiger partial charge in [0.25, 0.3) is 5.91 Å². The maximum Gasteiger partial charge on any atom is 0.407 e. The van der Waals surface area contributed by atoms with Crippen LogP contribution in [0.5, 0.6) is 6.01 Å². The zero-order valence-electron chi connectivity index (χ0n) is 17.3. The van der Waals surface area contributed by atoms with E-state index in [9.17, 15) is 9.59 Å². The largest absolute Gasteiger partial charge is 0.465 e. The molecule has 0 saturated carbocycles. The van der Waals surface area contributed by atoms with Crippen molar-refractivity contribution in [2.24, 2.45) is 5.92 Å². The molecule has 9 heteroatoms. The van der Waals surface area contributed by atoms with E-state index in [2.05, 4.69) is 9.97 Å². The Kier molecular flexibility index (Phi) is 6.61. The molecule has 0 bridgehead atoms. The minimum Gasteiger partial charge on any atom is -0.465 e. The average Bonchev–Trinajstić information content (AvgIpc) is 2.83. The van der Waals surface area contributed by atoms with Crippen molar-refractivity contribution >= 4 is 12.0 Å². The monoisotopic (exact) mass is 426 g/mol. The number of nitrogens with zero attached hydrogens (tertiary/aromatic N) is 4. The Labute approximate surface area is 180 Å². The standard InChI is InChI=1S/C22H26N4O5/c27-20(25-9-11-30-12-10-25)18-3-1-17(2-4-18)19-13-23-21(24-14-19)31-15-16-5-7-26(8-6-16)22(28)29/h1-4,13-14,16H,5-12,15H2,(H,28,29). The number of piperidine rings is 1. The molecule has 2 fully saturated rings. The fourth-order valence-corrected chi connectivity index (χ4v) is 3.78. The van der Waals surface area contributed by atoms with Gasteiger partial charge in [-0.15, -0.1) is 0 Å². The van der Waals surface area contributed by atoms with Gasteiger partial charge in [0.1, 0.15) is 0 Å². The number of rotatable bonds is 5. The molecule has 164 valence electrons. The van der Waals surface area contributed by atoms with Crippen LogP contribution in [-0.2, 0) is 4.74 Å². The van der Waals surface area contributed by atoms with Gasteiger partial charge >= 0.3 is 12.1 Å². The van der Waals surface area contributed by atoms with E-state index in [-0.39, 0.29) is 5.91 Å². The second kappa shape index (κ2) is 9.74.